The van der Waals surface area contributed by atoms with E-state index in [0.717, 1.165) is 30.6 Å². The minimum absolute atomic E-state index is 0.158. The highest BCUT2D eigenvalue weighted by Crippen LogP contribution is 2.37. The molecule has 1 amide bonds. The van der Waals surface area contributed by atoms with Gasteiger partial charge in [-0.3, -0.25) is 9.69 Å². The highest BCUT2D eigenvalue weighted by molar-refractivity contribution is 6.37. The van der Waals surface area contributed by atoms with E-state index in [-0.39, 0.29) is 5.91 Å². The highest BCUT2D eigenvalue weighted by Gasteiger charge is 2.40. The Labute approximate surface area is 155 Å². The number of carbonyl (C=O) groups is 1. The average molecular weight is 357 g/mol. The Hall–Kier alpha value is -1.84. The molecule has 1 aliphatic rings. The fraction of sp³-hybridized carbons (Fsp3) is 0.381. The van der Waals surface area contributed by atoms with Crippen LogP contribution in [0.1, 0.15) is 30.9 Å². The van der Waals surface area contributed by atoms with Gasteiger partial charge in [-0.05, 0) is 37.1 Å². The van der Waals surface area contributed by atoms with Crippen LogP contribution in [-0.4, -0.2) is 36.5 Å². The zero-order valence-corrected chi connectivity index (χ0v) is 15.4. The van der Waals surface area contributed by atoms with Gasteiger partial charge in [-0.15, -0.1) is 0 Å². The highest BCUT2D eigenvalue weighted by atomic mass is 35.5. The van der Waals surface area contributed by atoms with E-state index in [1.807, 2.05) is 60.7 Å². The molecular weight excluding hydrogens is 332 g/mol. The maximum absolute atomic E-state index is 13.2. The topological polar surface area (TPSA) is 32.3 Å². The summed E-state index contributed by atoms with van der Waals surface area (Å²) in [6, 6.07) is 19.6. The lowest BCUT2D eigenvalue weighted by atomic mass is 9.89. The Morgan fingerprint density at radius 2 is 1.68 bits per heavy atom. The third-order valence-corrected chi connectivity index (χ3v) is 5.67. The maximum atomic E-state index is 13.2. The van der Waals surface area contributed by atoms with Gasteiger partial charge < -0.3 is 5.32 Å². The molecule has 0 aromatic heterocycles. The number of carbonyl (C=O) groups excluding carboxylic acids is 1. The fourth-order valence-electron chi connectivity index (χ4n) is 3.64. The van der Waals surface area contributed by atoms with Crippen LogP contribution in [-0.2, 0) is 9.67 Å². The van der Waals surface area contributed by atoms with Crippen molar-refractivity contribution in [3.05, 3.63) is 71.8 Å². The van der Waals surface area contributed by atoms with Gasteiger partial charge in [0, 0.05) is 12.6 Å². The predicted octanol–water partition coefficient (Wildman–Crippen LogP) is 3.77. The van der Waals surface area contributed by atoms with E-state index in [4.69, 9.17) is 11.6 Å². The lowest BCUT2D eigenvalue weighted by Gasteiger charge is -2.29. The molecule has 2 aromatic carbocycles. The number of hydrogen-bond acceptors (Lipinski definition) is 2. The van der Waals surface area contributed by atoms with Gasteiger partial charge in [0.15, 0.2) is 4.87 Å². The summed E-state index contributed by atoms with van der Waals surface area (Å²) >= 11 is 6.97. The molecular formula is C21H25ClN2O. The van der Waals surface area contributed by atoms with Crippen LogP contribution in [0.4, 0.5) is 0 Å². The third-order valence-electron chi connectivity index (χ3n) is 5.06. The van der Waals surface area contributed by atoms with E-state index in [1.165, 1.54) is 6.42 Å². The van der Waals surface area contributed by atoms with E-state index >= 15 is 0 Å². The number of likely N-dealkylation sites (N-methyl/N-ethyl adjacent to an activating group) is 1. The van der Waals surface area contributed by atoms with Gasteiger partial charge in [0.25, 0.3) is 0 Å². The molecule has 2 aromatic rings. The summed E-state index contributed by atoms with van der Waals surface area (Å²) in [6.45, 7) is 4.94. The molecule has 0 saturated carbocycles. The first-order chi connectivity index (χ1) is 12.2. The largest absolute Gasteiger partial charge is 0.352 e. The second-order valence-electron chi connectivity index (χ2n) is 6.53. The van der Waals surface area contributed by atoms with Gasteiger partial charge in [0.1, 0.15) is 0 Å². The Balaban J connectivity index is 1.83. The van der Waals surface area contributed by atoms with Crippen molar-refractivity contribution < 1.29 is 4.79 Å². The second kappa shape index (κ2) is 8.03. The quantitative estimate of drug-likeness (QED) is 0.799. The number of hydrogen-bond donors (Lipinski definition) is 1. The first-order valence-corrected chi connectivity index (χ1v) is 9.36. The molecule has 1 N–H and O–H groups in total. The lowest BCUT2D eigenvalue weighted by molar-refractivity contribution is -0.123. The molecule has 3 nitrogen and oxygen atoms in total. The molecule has 0 radical (unpaired) electrons. The molecule has 0 aliphatic carbocycles. The third kappa shape index (κ3) is 3.73. The number of benzene rings is 2. The SMILES string of the molecule is CCN1CCC[C@@H]1CNC(=O)C(Cl)(c1ccccc1)c1ccccc1. The van der Waals surface area contributed by atoms with Gasteiger partial charge in [-0.1, -0.05) is 79.2 Å². The van der Waals surface area contributed by atoms with Crippen molar-refractivity contribution in [3.8, 4) is 0 Å². The second-order valence-corrected chi connectivity index (χ2v) is 7.09. The zero-order chi connectivity index (χ0) is 17.7. The molecule has 25 heavy (non-hydrogen) atoms. The van der Waals surface area contributed by atoms with E-state index < -0.39 is 4.87 Å². The van der Waals surface area contributed by atoms with Crippen LogP contribution < -0.4 is 5.32 Å². The molecule has 1 atom stereocenters. The fourth-order valence-corrected chi connectivity index (χ4v) is 3.96. The van der Waals surface area contributed by atoms with E-state index in [2.05, 4.69) is 17.1 Å². The van der Waals surface area contributed by atoms with Crippen LogP contribution in [0.3, 0.4) is 0 Å². The first-order valence-electron chi connectivity index (χ1n) is 8.98. The molecule has 0 unspecified atom stereocenters. The zero-order valence-electron chi connectivity index (χ0n) is 14.6. The van der Waals surface area contributed by atoms with Crippen molar-refractivity contribution in [1.29, 1.82) is 0 Å². The van der Waals surface area contributed by atoms with Crippen LogP contribution in [0.2, 0.25) is 0 Å². The van der Waals surface area contributed by atoms with E-state index in [0.29, 0.717) is 12.6 Å². The maximum Gasteiger partial charge on any atom is 0.250 e. The number of halogens is 1. The summed E-state index contributed by atoms with van der Waals surface area (Å²) < 4.78 is 0. The van der Waals surface area contributed by atoms with Crippen molar-refractivity contribution in [2.75, 3.05) is 19.6 Å². The van der Waals surface area contributed by atoms with Crippen molar-refractivity contribution in [3.63, 3.8) is 0 Å². The molecule has 1 heterocycles. The number of nitrogens with zero attached hydrogens (tertiary/aromatic N) is 1. The number of alkyl halides is 1. The molecule has 1 aliphatic heterocycles. The minimum atomic E-state index is -1.21. The summed E-state index contributed by atoms with van der Waals surface area (Å²) in [5.74, 6) is -0.158. The number of nitrogens with one attached hydrogen (secondary N) is 1. The van der Waals surface area contributed by atoms with Crippen LogP contribution >= 0.6 is 11.6 Å². The molecule has 3 rings (SSSR count). The van der Waals surface area contributed by atoms with Gasteiger partial charge in [-0.25, -0.2) is 0 Å². The molecule has 4 heteroatoms. The van der Waals surface area contributed by atoms with Crippen molar-refractivity contribution >= 4 is 17.5 Å². The Morgan fingerprint density at radius 3 is 2.20 bits per heavy atom. The van der Waals surface area contributed by atoms with Crippen LogP contribution in [0.25, 0.3) is 0 Å². The molecule has 1 fully saturated rings. The van der Waals surface area contributed by atoms with Crippen LogP contribution in [0, 0.1) is 0 Å². The average Bonchev–Trinajstić information content (AvgIpc) is 3.14. The van der Waals surface area contributed by atoms with Crippen LogP contribution in [0.5, 0.6) is 0 Å². The number of likely N-dealkylation sites (tertiary alicyclic amines) is 1. The van der Waals surface area contributed by atoms with Crippen molar-refractivity contribution in [2.24, 2.45) is 0 Å². The Bertz CT molecular complexity index is 650. The summed E-state index contributed by atoms with van der Waals surface area (Å²) in [5.41, 5.74) is 1.58. The number of amides is 1. The summed E-state index contributed by atoms with van der Waals surface area (Å²) in [7, 11) is 0. The van der Waals surface area contributed by atoms with E-state index in [9.17, 15) is 4.79 Å². The van der Waals surface area contributed by atoms with Crippen molar-refractivity contribution in [2.45, 2.75) is 30.7 Å². The minimum Gasteiger partial charge on any atom is -0.352 e. The standard InChI is InChI=1S/C21H25ClN2O/c1-2-24-15-9-14-19(24)16-23-20(25)21(22,17-10-5-3-6-11-17)18-12-7-4-8-13-18/h3-8,10-13,19H,2,9,14-16H2,1H3,(H,23,25)/t19-/m1/s1. The predicted molar refractivity (Wildman–Crippen MR) is 103 cm³/mol. The normalized spacial score (nSPS) is 18.2. The van der Waals surface area contributed by atoms with Gasteiger partial charge in [0.2, 0.25) is 5.91 Å². The summed E-state index contributed by atoms with van der Waals surface area (Å²) in [4.78, 5) is 14.4. The summed E-state index contributed by atoms with van der Waals surface area (Å²) in [5, 5.41) is 3.11. The number of rotatable bonds is 6. The van der Waals surface area contributed by atoms with E-state index in [1.54, 1.807) is 0 Å². The monoisotopic (exact) mass is 356 g/mol. The Kier molecular flexibility index (Phi) is 5.77. The van der Waals surface area contributed by atoms with Gasteiger partial charge in [-0.2, -0.15) is 0 Å². The van der Waals surface area contributed by atoms with Gasteiger partial charge >= 0.3 is 0 Å². The lowest BCUT2D eigenvalue weighted by Crippen LogP contribution is -2.46. The smallest absolute Gasteiger partial charge is 0.250 e. The molecule has 132 valence electrons. The molecule has 0 bridgehead atoms. The van der Waals surface area contributed by atoms with Crippen molar-refractivity contribution in [1.82, 2.24) is 10.2 Å². The molecule has 1 saturated heterocycles. The Morgan fingerprint density at radius 1 is 1.12 bits per heavy atom. The first kappa shape index (κ1) is 18.0. The summed E-state index contributed by atoms with van der Waals surface area (Å²) in [6.07, 6.45) is 2.32. The molecule has 0 spiro atoms. The van der Waals surface area contributed by atoms with Crippen LogP contribution in [0.15, 0.2) is 60.7 Å². The van der Waals surface area contributed by atoms with Gasteiger partial charge in [0.05, 0.1) is 0 Å².